The molecule has 0 atom stereocenters. The Morgan fingerprint density at radius 1 is 1.33 bits per heavy atom. The molecule has 0 spiro atoms. The molecular weight excluding hydrogens is 268 g/mol. The average Bonchev–Trinajstić information content (AvgIpc) is 2.45. The van der Waals surface area contributed by atoms with Crippen LogP contribution in [0.25, 0.3) is 0 Å². The van der Waals surface area contributed by atoms with Crippen molar-refractivity contribution in [1.82, 2.24) is 5.32 Å². The van der Waals surface area contributed by atoms with Crippen LogP contribution < -0.4 is 20.5 Å². The Hall–Kier alpha value is -1.75. The van der Waals surface area contributed by atoms with Crippen LogP contribution in [0.5, 0.6) is 11.5 Å². The van der Waals surface area contributed by atoms with E-state index in [0.29, 0.717) is 43.5 Å². The van der Waals surface area contributed by atoms with Gasteiger partial charge in [-0.25, -0.2) is 0 Å². The lowest BCUT2D eigenvalue weighted by Gasteiger charge is -2.16. The van der Waals surface area contributed by atoms with Crippen molar-refractivity contribution in [2.24, 2.45) is 11.7 Å². The lowest BCUT2D eigenvalue weighted by molar-refractivity contribution is -0.123. The Morgan fingerprint density at radius 3 is 2.71 bits per heavy atom. The van der Waals surface area contributed by atoms with Crippen LogP contribution in [0.1, 0.15) is 26.3 Å². The fraction of sp³-hybridized carbons (Fsp3) is 0.562. The minimum absolute atomic E-state index is 0.0195. The van der Waals surface area contributed by atoms with E-state index in [9.17, 15) is 4.79 Å². The molecule has 0 aliphatic rings. The number of ether oxygens (including phenoxy) is 2. The highest BCUT2D eigenvalue weighted by atomic mass is 16.5. The molecule has 5 heteroatoms. The van der Waals surface area contributed by atoms with E-state index >= 15 is 0 Å². The van der Waals surface area contributed by atoms with E-state index in [1.165, 1.54) is 0 Å². The molecule has 0 heterocycles. The Morgan fingerprint density at radius 2 is 2.10 bits per heavy atom. The average molecular weight is 294 g/mol. The number of para-hydroxylation sites is 1. The molecule has 1 aromatic rings. The molecule has 118 valence electrons. The topological polar surface area (TPSA) is 73.6 Å². The predicted molar refractivity (Wildman–Crippen MR) is 83.7 cm³/mol. The van der Waals surface area contributed by atoms with Crippen LogP contribution in [0.15, 0.2) is 18.2 Å². The molecule has 0 fully saturated rings. The van der Waals surface area contributed by atoms with Crippen LogP contribution >= 0.6 is 0 Å². The van der Waals surface area contributed by atoms with E-state index in [1.807, 2.05) is 39.0 Å². The summed E-state index contributed by atoms with van der Waals surface area (Å²) in [5, 5.41) is 2.83. The molecule has 0 aliphatic carbocycles. The SMILES string of the molecule is CCOc1cccc(CCN)c1OCC(=O)NCC(C)C. The van der Waals surface area contributed by atoms with Gasteiger partial charge in [0.05, 0.1) is 6.61 Å². The molecule has 0 aromatic heterocycles. The molecule has 0 aliphatic heterocycles. The monoisotopic (exact) mass is 294 g/mol. The van der Waals surface area contributed by atoms with Gasteiger partial charge < -0.3 is 20.5 Å². The largest absolute Gasteiger partial charge is 0.490 e. The van der Waals surface area contributed by atoms with Crippen molar-refractivity contribution < 1.29 is 14.3 Å². The van der Waals surface area contributed by atoms with Gasteiger partial charge in [0.2, 0.25) is 0 Å². The van der Waals surface area contributed by atoms with Crippen LogP contribution in [0, 0.1) is 5.92 Å². The first-order chi connectivity index (χ1) is 10.1. The van der Waals surface area contributed by atoms with Gasteiger partial charge >= 0.3 is 0 Å². The standard InChI is InChI=1S/C16H26N2O3/c1-4-20-14-7-5-6-13(8-9-17)16(14)21-11-15(19)18-10-12(2)3/h5-7,12H,4,8-11,17H2,1-3H3,(H,18,19). The summed E-state index contributed by atoms with van der Waals surface area (Å²) < 4.78 is 11.2. The van der Waals surface area contributed by atoms with Crippen molar-refractivity contribution in [2.45, 2.75) is 27.2 Å². The summed E-state index contributed by atoms with van der Waals surface area (Å²) in [7, 11) is 0. The highest BCUT2D eigenvalue weighted by molar-refractivity contribution is 5.77. The van der Waals surface area contributed by atoms with E-state index < -0.39 is 0 Å². The number of hydrogen-bond donors (Lipinski definition) is 2. The zero-order valence-corrected chi connectivity index (χ0v) is 13.1. The van der Waals surface area contributed by atoms with Crippen LogP contribution in [-0.4, -0.2) is 32.2 Å². The van der Waals surface area contributed by atoms with E-state index in [1.54, 1.807) is 0 Å². The number of hydrogen-bond acceptors (Lipinski definition) is 4. The van der Waals surface area contributed by atoms with Crippen molar-refractivity contribution in [3.8, 4) is 11.5 Å². The second kappa shape index (κ2) is 9.23. The highest BCUT2D eigenvalue weighted by Crippen LogP contribution is 2.31. The van der Waals surface area contributed by atoms with Crippen LogP contribution in [0.4, 0.5) is 0 Å². The molecule has 5 nitrogen and oxygen atoms in total. The Labute approximate surface area is 126 Å². The summed E-state index contributed by atoms with van der Waals surface area (Å²) in [5.41, 5.74) is 6.57. The van der Waals surface area contributed by atoms with Crippen LogP contribution in [0.2, 0.25) is 0 Å². The molecule has 1 rings (SSSR count). The van der Waals surface area contributed by atoms with Crippen molar-refractivity contribution in [2.75, 3.05) is 26.3 Å². The number of benzene rings is 1. The zero-order valence-electron chi connectivity index (χ0n) is 13.1. The predicted octanol–water partition coefficient (Wildman–Crippen LogP) is 1.74. The lowest BCUT2D eigenvalue weighted by atomic mass is 10.1. The molecule has 3 N–H and O–H groups in total. The zero-order chi connectivity index (χ0) is 15.7. The maximum atomic E-state index is 11.8. The number of rotatable bonds is 9. The maximum Gasteiger partial charge on any atom is 0.257 e. The van der Waals surface area contributed by atoms with E-state index in [4.69, 9.17) is 15.2 Å². The molecular formula is C16H26N2O3. The fourth-order valence-electron chi connectivity index (χ4n) is 1.85. The summed E-state index contributed by atoms with van der Waals surface area (Å²) in [6.45, 7) is 7.69. The fourth-order valence-corrected chi connectivity index (χ4v) is 1.85. The van der Waals surface area contributed by atoms with Gasteiger partial charge in [-0.3, -0.25) is 4.79 Å². The van der Waals surface area contributed by atoms with Crippen LogP contribution in [0.3, 0.4) is 0 Å². The first-order valence-electron chi connectivity index (χ1n) is 7.42. The van der Waals surface area contributed by atoms with Crippen molar-refractivity contribution >= 4 is 5.91 Å². The molecule has 0 unspecified atom stereocenters. The van der Waals surface area contributed by atoms with Gasteiger partial charge in [-0.1, -0.05) is 26.0 Å². The Kier molecular flexibility index (Phi) is 7.61. The molecule has 0 bridgehead atoms. The minimum Gasteiger partial charge on any atom is -0.490 e. The summed E-state index contributed by atoms with van der Waals surface area (Å²) in [4.78, 5) is 11.8. The molecule has 0 radical (unpaired) electrons. The van der Waals surface area contributed by atoms with Crippen molar-refractivity contribution in [1.29, 1.82) is 0 Å². The maximum absolute atomic E-state index is 11.8. The molecule has 0 saturated heterocycles. The van der Waals surface area contributed by atoms with Gasteiger partial charge in [0.25, 0.3) is 5.91 Å². The quantitative estimate of drug-likeness (QED) is 0.727. The third kappa shape index (κ3) is 6.04. The normalized spacial score (nSPS) is 10.5. The summed E-state index contributed by atoms with van der Waals surface area (Å²) >= 11 is 0. The second-order valence-electron chi connectivity index (χ2n) is 5.20. The third-order valence-electron chi connectivity index (χ3n) is 2.83. The van der Waals surface area contributed by atoms with Crippen LogP contribution in [-0.2, 0) is 11.2 Å². The lowest BCUT2D eigenvalue weighted by Crippen LogP contribution is -2.32. The smallest absolute Gasteiger partial charge is 0.257 e. The summed E-state index contributed by atoms with van der Waals surface area (Å²) in [5.74, 6) is 1.55. The molecule has 21 heavy (non-hydrogen) atoms. The van der Waals surface area contributed by atoms with Gasteiger partial charge in [0.15, 0.2) is 18.1 Å². The van der Waals surface area contributed by atoms with Gasteiger partial charge in [-0.05, 0) is 37.4 Å². The van der Waals surface area contributed by atoms with Crippen molar-refractivity contribution in [3.05, 3.63) is 23.8 Å². The Balaban J connectivity index is 2.72. The second-order valence-corrected chi connectivity index (χ2v) is 5.20. The van der Waals surface area contributed by atoms with Gasteiger partial charge in [-0.2, -0.15) is 0 Å². The number of carbonyl (C=O) groups excluding carboxylic acids is 1. The molecule has 1 amide bonds. The van der Waals surface area contributed by atoms with Gasteiger partial charge in [0.1, 0.15) is 0 Å². The van der Waals surface area contributed by atoms with Gasteiger partial charge in [-0.15, -0.1) is 0 Å². The number of nitrogens with one attached hydrogen (secondary N) is 1. The first-order valence-corrected chi connectivity index (χ1v) is 7.42. The number of carbonyl (C=O) groups is 1. The highest BCUT2D eigenvalue weighted by Gasteiger charge is 2.12. The molecule has 0 saturated carbocycles. The molecule has 1 aromatic carbocycles. The van der Waals surface area contributed by atoms with E-state index in [2.05, 4.69) is 5.32 Å². The Bertz CT molecular complexity index is 423. The van der Waals surface area contributed by atoms with Gasteiger partial charge in [0, 0.05) is 6.54 Å². The van der Waals surface area contributed by atoms with E-state index in [-0.39, 0.29) is 12.5 Å². The summed E-state index contributed by atoms with van der Waals surface area (Å²) in [6, 6.07) is 5.68. The third-order valence-corrected chi connectivity index (χ3v) is 2.83. The number of amides is 1. The number of nitrogens with two attached hydrogens (primary N) is 1. The summed E-state index contributed by atoms with van der Waals surface area (Å²) in [6.07, 6.45) is 0.684. The first kappa shape index (κ1) is 17.3. The minimum atomic E-state index is -0.131. The van der Waals surface area contributed by atoms with E-state index in [0.717, 1.165) is 5.56 Å². The van der Waals surface area contributed by atoms with Crippen molar-refractivity contribution in [3.63, 3.8) is 0 Å².